The Morgan fingerprint density at radius 2 is 2.18 bits per heavy atom. The van der Waals surface area contributed by atoms with E-state index in [1.165, 1.54) is 16.4 Å². The molecule has 1 fully saturated rings. The minimum absolute atomic E-state index is 0. The molecular weight excluding hydrogens is 353 g/mol. The number of nitrogens with zero attached hydrogens (tertiary/aromatic N) is 2. The molecule has 1 heterocycles. The van der Waals surface area contributed by atoms with Gasteiger partial charge in [-0.25, -0.2) is 8.42 Å². The molecule has 1 aliphatic rings. The fourth-order valence-electron chi connectivity index (χ4n) is 2.50. The number of halogens is 2. The summed E-state index contributed by atoms with van der Waals surface area (Å²) < 4.78 is 26.6. The molecule has 2 rings (SSSR count). The summed E-state index contributed by atoms with van der Waals surface area (Å²) in [5.74, 6) is 0.200. The molecule has 1 unspecified atom stereocenters. The lowest BCUT2D eigenvalue weighted by molar-refractivity contribution is -0.387. The molecule has 0 aliphatic carbocycles. The highest BCUT2D eigenvalue weighted by Crippen LogP contribution is 2.35. The van der Waals surface area contributed by atoms with E-state index in [4.69, 9.17) is 11.6 Å². The third-order valence-electron chi connectivity index (χ3n) is 3.48. The highest BCUT2D eigenvalue weighted by molar-refractivity contribution is 7.89. The van der Waals surface area contributed by atoms with Crippen molar-refractivity contribution in [3.05, 3.63) is 33.3 Å². The lowest BCUT2D eigenvalue weighted by atomic mass is 10.1. The summed E-state index contributed by atoms with van der Waals surface area (Å²) in [6.45, 7) is 1.39. The van der Waals surface area contributed by atoms with Crippen LogP contribution in [-0.4, -0.2) is 44.3 Å². The number of hydrogen-bond acceptors (Lipinski definition) is 5. The van der Waals surface area contributed by atoms with E-state index >= 15 is 0 Å². The average molecular weight is 370 g/mol. The van der Waals surface area contributed by atoms with Crippen LogP contribution in [0.4, 0.5) is 5.69 Å². The van der Waals surface area contributed by atoms with Gasteiger partial charge >= 0.3 is 0 Å². The predicted octanol–water partition coefficient (Wildman–Crippen LogP) is 1.90. The van der Waals surface area contributed by atoms with Gasteiger partial charge in [0.25, 0.3) is 15.7 Å². The highest BCUT2D eigenvalue weighted by atomic mass is 35.5. The maximum atomic E-state index is 12.6. The summed E-state index contributed by atoms with van der Waals surface area (Å²) in [6.07, 6.45) is 0.721. The fraction of sp³-hybridized carbons (Fsp3) is 0.500. The second kappa shape index (κ2) is 7.56. The van der Waals surface area contributed by atoms with E-state index < -0.39 is 25.5 Å². The minimum atomic E-state index is -3.96. The normalized spacial score (nSPS) is 18.9. The van der Waals surface area contributed by atoms with Gasteiger partial charge in [-0.3, -0.25) is 10.1 Å². The maximum Gasteiger partial charge on any atom is 0.290 e. The molecule has 124 valence electrons. The van der Waals surface area contributed by atoms with Gasteiger partial charge in [0.15, 0.2) is 4.90 Å². The first-order valence-corrected chi connectivity index (χ1v) is 8.27. The Morgan fingerprint density at radius 3 is 2.77 bits per heavy atom. The lowest BCUT2D eigenvalue weighted by Crippen LogP contribution is -2.31. The predicted molar refractivity (Wildman–Crippen MR) is 86.1 cm³/mol. The standard InChI is InChI=1S/C12H16ClN3O4S.ClH/c1-14-7-9-5-6-15(8-9)21(19,20)12-10(13)3-2-4-11(12)16(17)18;/h2-4,9,14H,5-8H2,1H3;1H. The van der Waals surface area contributed by atoms with Crippen LogP contribution in [0.25, 0.3) is 0 Å². The van der Waals surface area contributed by atoms with E-state index in [1.54, 1.807) is 7.05 Å². The molecular formula is C12H17Cl2N3O4S. The van der Waals surface area contributed by atoms with Gasteiger partial charge in [0.1, 0.15) is 0 Å². The summed E-state index contributed by atoms with van der Waals surface area (Å²) in [7, 11) is -2.16. The monoisotopic (exact) mass is 369 g/mol. The molecule has 1 N–H and O–H groups in total. The van der Waals surface area contributed by atoms with Crippen LogP contribution in [-0.2, 0) is 10.0 Å². The van der Waals surface area contributed by atoms with Gasteiger partial charge in [-0.1, -0.05) is 17.7 Å². The average Bonchev–Trinajstić information content (AvgIpc) is 2.88. The quantitative estimate of drug-likeness (QED) is 0.631. The van der Waals surface area contributed by atoms with Gasteiger partial charge in [0, 0.05) is 19.2 Å². The molecule has 0 spiro atoms. The highest BCUT2D eigenvalue weighted by Gasteiger charge is 2.37. The number of nitrogens with one attached hydrogen (secondary N) is 1. The van der Waals surface area contributed by atoms with Crippen LogP contribution in [0.1, 0.15) is 6.42 Å². The Balaban J connectivity index is 0.00000242. The first-order chi connectivity index (χ1) is 9.87. The number of nitro benzene ring substituents is 1. The minimum Gasteiger partial charge on any atom is -0.319 e. The van der Waals surface area contributed by atoms with Crippen molar-refractivity contribution in [3.8, 4) is 0 Å². The molecule has 1 aromatic carbocycles. The van der Waals surface area contributed by atoms with Crippen molar-refractivity contribution < 1.29 is 13.3 Å². The number of benzene rings is 1. The number of hydrogen-bond donors (Lipinski definition) is 1. The molecule has 10 heteroatoms. The van der Waals surface area contributed by atoms with Crippen molar-refractivity contribution in [1.82, 2.24) is 9.62 Å². The third kappa shape index (κ3) is 3.69. The molecule has 1 aliphatic heterocycles. The largest absolute Gasteiger partial charge is 0.319 e. The van der Waals surface area contributed by atoms with E-state index in [1.807, 2.05) is 0 Å². The topological polar surface area (TPSA) is 92.6 Å². The lowest BCUT2D eigenvalue weighted by Gasteiger charge is -2.17. The van der Waals surface area contributed by atoms with Crippen LogP contribution in [0, 0.1) is 16.0 Å². The number of rotatable bonds is 5. The van der Waals surface area contributed by atoms with Crippen LogP contribution in [0.5, 0.6) is 0 Å². The summed E-state index contributed by atoms with van der Waals surface area (Å²) in [6, 6.07) is 3.87. The Kier molecular flexibility index (Phi) is 6.57. The van der Waals surface area contributed by atoms with Crippen LogP contribution in [0.2, 0.25) is 5.02 Å². The fourth-order valence-corrected chi connectivity index (χ4v) is 4.69. The molecule has 22 heavy (non-hydrogen) atoms. The van der Waals surface area contributed by atoms with Gasteiger partial charge in [-0.15, -0.1) is 12.4 Å². The van der Waals surface area contributed by atoms with Crippen LogP contribution >= 0.6 is 24.0 Å². The van der Waals surface area contributed by atoms with Crippen molar-refractivity contribution in [2.45, 2.75) is 11.3 Å². The van der Waals surface area contributed by atoms with E-state index in [9.17, 15) is 18.5 Å². The van der Waals surface area contributed by atoms with Gasteiger partial charge < -0.3 is 5.32 Å². The molecule has 0 radical (unpaired) electrons. The Bertz CT molecular complexity index is 654. The zero-order valence-corrected chi connectivity index (χ0v) is 14.2. The van der Waals surface area contributed by atoms with Crippen molar-refractivity contribution in [2.24, 2.45) is 5.92 Å². The van der Waals surface area contributed by atoms with Crippen molar-refractivity contribution in [2.75, 3.05) is 26.7 Å². The zero-order chi connectivity index (χ0) is 15.6. The van der Waals surface area contributed by atoms with E-state index in [0.717, 1.165) is 12.5 Å². The summed E-state index contributed by atoms with van der Waals surface area (Å²) in [5.41, 5.74) is -0.487. The zero-order valence-electron chi connectivity index (χ0n) is 11.9. The molecule has 0 aromatic heterocycles. The SMILES string of the molecule is CNCC1CCN(S(=O)(=O)c2c(Cl)cccc2[N+](=O)[O-])C1.Cl. The molecule has 0 amide bonds. The van der Waals surface area contributed by atoms with Gasteiger partial charge in [0.05, 0.1) is 9.95 Å². The van der Waals surface area contributed by atoms with Crippen LogP contribution in [0.15, 0.2) is 23.1 Å². The molecule has 0 bridgehead atoms. The maximum absolute atomic E-state index is 12.6. The van der Waals surface area contributed by atoms with Gasteiger partial charge in [-0.2, -0.15) is 4.31 Å². The number of sulfonamides is 1. The van der Waals surface area contributed by atoms with Crippen molar-refractivity contribution in [3.63, 3.8) is 0 Å². The number of nitro groups is 1. The first kappa shape index (κ1) is 19.1. The third-order valence-corrected chi connectivity index (χ3v) is 5.87. The first-order valence-electron chi connectivity index (χ1n) is 6.45. The van der Waals surface area contributed by atoms with Crippen molar-refractivity contribution in [1.29, 1.82) is 0 Å². The molecule has 1 aromatic rings. The summed E-state index contributed by atoms with van der Waals surface area (Å²) in [5, 5.41) is 13.9. The van der Waals surface area contributed by atoms with E-state index in [0.29, 0.717) is 19.6 Å². The summed E-state index contributed by atoms with van der Waals surface area (Å²) in [4.78, 5) is 9.92. The molecule has 7 nitrogen and oxygen atoms in total. The van der Waals surface area contributed by atoms with Crippen LogP contribution in [0.3, 0.4) is 0 Å². The Labute approximate surface area is 140 Å². The summed E-state index contributed by atoms with van der Waals surface area (Å²) >= 11 is 5.91. The van der Waals surface area contributed by atoms with E-state index in [2.05, 4.69) is 5.32 Å². The van der Waals surface area contributed by atoms with Crippen molar-refractivity contribution >= 4 is 39.7 Å². The van der Waals surface area contributed by atoms with E-state index in [-0.39, 0.29) is 23.3 Å². The molecule has 1 atom stereocenters. The molecule has 1 saturated heterocycles. The van der Waals surface area contributed by atoms with Gasteiger partial charge in [-0.05, 0) is 32.0 Å². The van der Waals surface area contributed by atoms with Crippen LogP contribution < -0.4 is 5.32 Å². The second-order valence-electron chi connectivity index (χ2n) is 4.92. The van der Waals surface area contributed by atoms with Gasteiger partial charge in [0.2, 0.25) is 0 Å². The Morgan fingerprint density at radius 1 is 1.50 bits per heavy atom. The molecule has 0 saturated carbocycles. The smallest absolute Gasteiger partial charge is 0.290 e. The second-order valence-corrected chi connectivity index (χ2v) is 7.20. The Hall–Kier alpha value is -0.930.